The highest BCUT2D eigenvalue weighted by Crippen LogP contribution is 2.38. The molecule has 0 unspecified atom stereocenters. The third-order valence-corrected chi connectivity index (χ3v) is 5.46. The molecule has 0 saturated heterocycles. The molecule has 0 aliphatic rings. The van der Waals surface area contributed by atoms with Crippen molar-refractivity contribution in [2.75, 3.05) is 6.61 Å². The molecular weight excluding hydrogens is 442 g/mol. The number of alkyl halides is 3. The van der Waals surface area contributed by atoms with E-state index in [2.05, 4.69) is 4.74 Å². The highest BCUT2D eigenvalue weighted by molar-refractivity contribution is 7.92. The Kier molecular flexibility index (Phi) is 7.07. The van der Waals surface area contributed by atoms with Gasteiger partial charge in [-0.2, -0.15) is 18.4 Å². The Morgan fingerprint density at radius 1 is 1.23 bits per heavy atom. The molecule has 6 nitrogen and oxygen atoms in total. The molecule has 164 valence electrons. The van der Waals surface area contributed by atoms with E-state index in [0.29, 0.717) is 6.07 Å². The molecule has 0 heterocycles. The third kappa shape index (κ3) is 5.40. The zero-order valence-electron chi connectivity index (χ0n) is 16.2. The number of hydrogen-bond donors (Lipinski definition) is 0. The summed E-state index contributed by atoms with van der Waals surface area (Å²) in [4.78, 5) is 10.5. The fourth-order valence-corrected chi connectivity index (χ4v) is 3.52. The van der Waals surface area contributed by atoms with Gasteiger partial charge in [0.05, 0.1) is 23.1 Å². The average Bonchev–Trinajstić information content (AvgIpc) is 2.67. The fourth-order valence-electron chi connectivity index (χ4n) is 2.52. The normalized spacial score (nSPS) is 11.9. The molecule has 0 saturated carbocycles. The Hall–Kier alpha value is -3.39. The lowest BCUT2D eigenvalue weighted by atomic mass is 10.1. The van der Waals surface area contributed by atoms with Gasteiger partial charge in [0, 0.05) is 23.3 Å². The first-order valence-corrected chi connectivity index (χ1v) is 10.1. The van der Waals surface area contributed by atoms with E-state index in [9.17, 15) is 30.8 Å². The van der Waals surface area contributed by atoms with Crippen molar-refractivity contribution in [3.05, 3.63) is 58.9 Å². The van der Waals surface area contributed by atoms with Gasteiger partial charge >= 0.3 is 11.5 Å². The number of benzene rings is 2. The van der Waals surface area contributed by atoms with E-state index in [-0.39, 0.29) is 29.2 Å². The van der Waals surface area contributed by atoms with Gasteiger partial charge in [-0.25, -0.2) is 17.6 Å². The van der Waals surface area contributed by atoms with Crippen LogP contribution in [0.4, 0.5) is 17.6 Å². The molecule has 0 aliphatic carbocycles. The number of halogens is 4. The van der Waals surface area contributed by atoms with Gasteiger partial charge < -0.3 is 9.47 Å². The minimum Gasteiger partial charge on any atom is -0.463 e. The Balaban J connectivity index is 2.64. The molecule has 2 rings (SSSR count). The Labute approximate surface area is 175 Å². The maximum absolute atomic E-state index is 13.6. The van der Waals surface area contributed by atoms with Crippen molar-refractivity contribution < 1.29 is 40.2 Å². The summed E-state index contributed by atoms with van der Waals surface area (Å²) in [7, 11) is -5.76. The average molecular weight is 457 g/mol. The van der Waals surface area contributed by atoms with Gasteiger partial charge in [0.15, 0.2) is 0 Å². The first kappa shape index (κ1) is 23.9. The molecule has 31 heavy (non-hydrogen) atoms. The molecule has 0 amide bonds. The van der Waals surface area contributed by atoms with E-state index in [0.717, 1.165) is 30.4 Å². The predicted octanol–water partition coefficient (Wildman–Crippen LogP) is 4.67. The number of nitriles is 1. The van der Waals surface area contributed by atoms with Crippen LogP contribution in [0.2, 0.25) is 0 Å². The Morgan fingerprint density at radius 3 is 2.48 bits per heavy atom. The number of rotatable bonds is 6. The highest BCUT2D eigenvalue weighted by atomic mass is 32.2. The van der Waals surface area contributed by atoms with Crippen molar-refractivity contribution >= 4 is 21.9 Å². The van der Waals surface area contributed by atoms with Crippen LogP contribution in [0.5, 0.6) is 11.5 Å². The molecule has 0 spiro atoms. The number of carbonyl (C=O) groups is 1. The van der Waals surface area contributed by atoms with E-state index >= 15 is 0 Å². The standard InChI is InChI=1S/C20H15F4NO5S/c1-3-29-19(26)7-4-16-12(2)17(5-6-18(16)31(27,28)20(22,23)24)30-15-9-13(11-25)8-14(21)10-15/h4-10H,3H2,1-2H3/b7-4+. The fraction of sp³-hybridized carbons (Fsp3) is 0.200. The minimum atomic E-state index is -5.76. The summed E-state index contributed by atoms with van der Waals surface area (Å²) >= 11 is 0. The van der Waals surface area contributed by atoms with Gasteiger partial charge in [0.1, 0.15) is 17.3 Å². The summed E-state index contributed by atoms with van der Waals surface area (Å²) in [6, 6.07) is 6.44. The van der Waals surface area contributed by atoms with Crippen LogP contribution in [-0.2, 0) is 19.4 Å². The van der Waals surface area contributed by atoms with Crippen LogP contribution in [0.1, 0.15) is 23.6 Å². The SMILES string of the molecule is CCOC(=O)/C=C/c1c(S(=O)(=O)C(F)(F)F)ccc(Oc2cc(F)cc(C#N)c2)c1C. The van der Waals surface area contributed by atoms with Gasteiger partial charge in [-0.05, 0) is 44.2 Å². The smallest absolute Gasteiger partial charge is 0.463 e. The minimum absolute atomic E-state index is 0.000188. The van der Waals surface area contributed by atoms with Gasteiger partial charge in [0.25, 0.3) is 9.84 Å². The molecule has 0 atom stereocenters. The molecule has 2 aromatic carbocycles. The lowest BCUT2D eigenvalue weighted by Gasteiger charge is -2.16. The van der Waals surface area contributed by atoms with E-state index in [4.69, 9.17) is 10.00 Å². The molecule has 11 heteroatoms. The Morgan fingerprint density at radius 2 is 1.90 bits per heavy atom. The summed E-state index contributed by atoms with van der Waals surface area (Å²) in [5, 5.41) is 8.92. The summed E-state index contributed by atoms with van der Waals surface area (Å²) in [5.41, 5.74) is -6.18. The van der Waals surface area contributed by atoms with Crippen LogP contribution in [0.3, 0.4) is 0 Å². The number of carbonyl (C=O) groups excluding carboxylic acids is 1. The van der Waals surface area contributed by atoms with Crippen molar-refractivity contribution in [1.29, 1.82) is 5.26 Å². The second kappa shape index (κ2) is 9.18. The quantitative estimate of drug-likeness (QED) is 0.356. The number of sulfone groups is 1. The van der Waals surface area contributed by atoms with E-state index in [1.165, 1.54) is 19.9 Å². The zero-order valence-corrected chi connectivity index (χ0v) is 17.0. The van der Waals surface area contributed by atoms with Crippen molar-refractivity contribution in [2.45, 2.75) is 24.3 Å². The van der Waals surface area contributed by atoms with Crippen molar-refractivity contribution in [2.24, 2.45) is 0 Å². The predicted molar refractivity (Wildman–Crippen MR) is 101 cm³/mol. The van der Waals surface area contributed by atoms with E-state index < -0.39 is 37.6 Å². The number of nitrogens with zero attached hydrogens (tertiary/aromatic N) is 1. The zero-order chi connectivity index (χ0) is 23.4. The first-order valence-electron chi connectivity index (χ1n) is 8.59. The number of esters is 1. The second-order valence-corrected chi connectivity index (χ2v) is 7.93. The maximum atomic E-state index is 13.6. The summed E-state index contributed by atoms with van der Waals surface area (Å²) in [6.45, 7) is 2.78. The van der Waals surface area contributed by atoms with Crippen LogP contribution in [-0.4, -0.2) is 26.5 Å². The molecule has 0 bridgehead atoms. The molecule has 0 fully saturated rings. The first-order chi connectivity index (χ1) is 14.4. The van der Waals surface area contributed by atoms with Crippen LogP contribution in [0.25, 0.3) is 6.08 Å². The molecule has 2 aromatic rings. The molecule has 0 aromatic heterocycles. The molecule has 0 aliphatic heterocycles. The van der Waals surface area contributed by atoms with Gasteiger partial charge in [0.2, 0.25) is 0 Å². The molecule has 0 radical (unpaired) electrons. The third-order valence-electron chi connectivity index (χ3n) is 3.92. The topological polar surface area (TPSA) is 93.5 Å². The van der Waals surface area contributed by atoms with Crippen molar-refractivity contribution in [3.8, 4) is 17.6 Å². The summed E-state index contributed by atoms with van der Waals surface area (Å²) in [6.07, 6.45) is 1.64. The largest absolute Gasteiger partial charge is 0.501 e. The number of ether oxygens (including phenoxy) is 2. The van der Waals surface area contributed by atoms with Gasteiger partial charge in [-0.15, -0.1) is 0 Å². The highest BCUT2D eigenvalue weighted by Gasteiger charge is 2.48. The van der Waals surface area contributed by atoms with Crippen molar-refractivity contribution in [3.63, 3.8) is 0 Å². The summed E-state index contributed by atoms with van der Waals surface area (Å²) in [5.74, 6) is -1.93. The van der Waals surface area contributed by atoms with Crippen molar-refractivity contribution in [1.82, 2.24) is 0 Å². The van der Waals surface area contributed by atoms with Gasteiger partial charge in [-0.1, -0.05) is 0 Å². The lowest BCUT2D eigenvalue weighted by molar-refractivity contribution is -0.137. The number of hydrogen-bond acceptors (Lipinski definition) is 6. The van der Waals surface area contributed by atoms with E-state index in [1.807, 2.05) is 0 Å². The van der Waals surface area contributed by atoms with Gasteiger partial charge in [-0.3, -0.25) is 0 Å². The molecular formula is C20H15F4NO5S. The summed E-state index contributed by atoms with van der Waals surface area (Å²) < 4.78 is 87.1. The lowest BCUT2D eigenvalue weighted by Crippen LogP contribution is -2.24. The molecule has 0 N–H and O–H groups in total. The van der Waals surface area contributed by atoms with Crippen LogP contribution < -0.4 is 4.74 Å². The van der Waals surface area contributed by atoms with E-state index in [1.54, 1.807) is 6.07 Å². The maximum Gasteiger partial charge on any atom is 0.501 e. The Bertz CT molecular complexity index is 1180. The monoisotopic (exact) mass is 457 g/mol. The van der Waals surface area contributed by atoms with Crippen LogP contribution >= 0.6 is 0 Å². The second-order valence-electron chi connectivity index (χ2n) is 6.02. The van der Waals surface area contributed by atoms with Crippen LogP contribution in [0.15, 0.2) is 41.3 Å². The van der Waals surface area contributed by atoms with Crippen LogP contribution in [0, 0.1) is 24.1 Å².